The minimum absolute atomic E-state index is 0.141. The third-order valence-electron chi connectivity index (χ3n) is 5.61. The van der Waals surface area contributed by atoms with Crippen LogP contribution in [0.3, 0.4) is 0 Å². The number of nitrogens with zero attached hydrogens (tertiary/aromatic N) is 1. The first-order chi connectivity index (χ1) is 15.5. The SMILES string of the molecule is O=C(N[C@H]1CC[C@@H](Nc2cc(C(F)(F)F)nc3ccccc23)CC1)c1sccc1C(F)(F)F. The number of hydrogen-bond acceptors (Lipinski definition) is 4. The smallest absolute Gasteiger partial charge is 0.382 e. The molecule has 1 saturated carbocycles. The number of rotatable bonds is 4. The van der Waals surface area contributed by atoms with E-state index in [1.54, 1.807) is 18.2 Å². The van der Waals surface area contributed by atoms with Gasteiger partial charge >= 0.3 is 12.4 Å². The van der Waals surface area contributed by atoms with Crippen molar-refractivity contribution in [2.24, 2.45) is 0 Å². The van der Waals surface area contributed by atoms with Crippen LogP contribution in [0.2, 0.25) is 0 Å². The number of carbonyl (C=O) groups is 1. The van der Waals surface area contributed by atoms with Crippen LogP contribution in [0.25, 0.3) is 10.9 Å². The predicted octanol–water partition coefficient (Wildman–Crippen LogP) is 6.49. The summed E-state index contributed by atoms with van der Waals surface area (Å²) in [6.45, 7) is 0. The lowest BCUT2D eigenvalue weighted by atomic mass is 9.90. The molecule has 4 nitrogen and oxygen atoms in total. The first-order valence-electron chi connectivity index (χ1n) is 10.2. The van der Waals surface area contributed by atoms with Crippen molar-refractivity contribution in [1.29, 1.82) is 0 Å². The molecule has 1 aromatic carbocycles. The molecule has 0 aliphatic heterocycles. The Kier molecular flexibility index (Phi) is 6.26. The Morgan fingerprint density at radius 1 is 0.939 bits per heavy atom. The minimum atomic E-state index is -4.60. The van der Waals surface area contributed by atoms with Crippen molar-refractivity contribution in [1.82, 2.24) is 10.3 Å². The molecule has 0 radical (unpaired) electrons. The summed E-state index contributed by atoms with van der Waals surface area (Å²) in [7, 11) is 0. The quantitative estimate of drug-likeness (QED) is 0.414. The van der Waals surface area contributed by atoms with E-state index in [0.717, 1.165) is 23.5 Å². The molecule has 0 atom stereocenters. The van der Waals surface area contributed by atoms with Gasteiger partial charge in [0.25, 0.3) is 5.91 Å². The zero-order valence-corrected chi connectivity index (χ0v) is 17.9. The van der Waals surface area contributed by atoms with Gasteiger partial charge in [0.15, 0.2) is 0 Å². The summed E-state index contributed by atoms with van der Waals surface area (Å²) in [6, 6.07) is 7.97. The van der Waals surface area contributed by atoms with Gasteiger partial charge in [-0.2, -0.15) is 26.3 Å². The van der Waals surface area contributed by atoms with Crippen LogP contribution in [0.15, 0.2) is 41.8 Å². The van der Waals surface area contributed by atoms with Gasteiger partial charge < -0.3 is 10.6 Å². The molecule has 1 fully saturated rings. The zero-order valence-electron chi connectivity index (χ0n) is 17.1. The van der Waals surface area contributed by atoms with Crippen molar-refractivity contribution in [2.45, 2.75) is 50.1 Å². The van der Waals surface area contributed by atoms with E-state index in [1.807, 2.05) is 0 Å². The molecule has 176 valence electrons. The Hall–Kier alpha value is -2.82. The van der Waals surface area contributed by atoms with Crippen molar-refractivity contribution < 1.29 is 31.1 Å². The van der Waals surface area contributed by atoms with E-state index in [1.165, 1.54) is 11.4 Å². The number of thiophene rings is 1. The maximum Gasteiger partial charge on any atom is 0.433 e. The average molecular weight is 487 g/mol. The van der Waals surface area contributed by atoms with Crippen LogP contribution in [0, 0.1) is 0 Å². The molecule has 1 aliphatic carbocycles. The van der Waals surface area contributed by atoms with E-state index in [9.17, 15) is 31.1 Å². The van der Waals surface area contributed by atoms with Gasteiger partial charge in [-0.05, 0) is 49.3 Å². The number of fused-ring (bicyclic) bond motifs is 1. The Labute approximate surface area is 189 Å². The molecule has 0 bridgehead atoms. The molecule has 0 saturated heterocycles. The maximum atomic E-state index is 13.3. The topological polar surface area (TPSA) is 54.0 Å². The highest BCUT2D eigenvalue weighted by Crippen LogP contribution is 2.36. The number of carbonyl (C=O) groups excluding carboxylic acids is 1. The largest absolute Gasteiger partial charge is 0.433 e. The highest BCUT2D eigenvalue weighted by atomic mass is 32.1. The van der Waals surface area contributed by atoms with Crippen molar-refractivity contribution in [3.05, 3.63) is 57.9 Å². The monoisotopic (exact) mass is 487 g/mol. The zero-order chi connectivity index (χ0) is 23.8. The molecule has 1 aliphatic rings. The van der Waals surface area contributed by atoms with Gasteiger partial charge in [-0.1, -0.05) is 18.2 Å². The van der Waals surface area contributed by atoms with Crippen LogP contribution in [-0.2, 0) is 12.4 Å². The lowest BCUT2D eigenvalue weighted by molar-refractivity contribution is -0.141. The highest BCUT2D eigenvalue weighted by molar-refractivity contribution is 7.12. The molecule has 0 unspecified atom stereocenters. The number of benzene rings is 1. The number of nitrogens with one attached hydrogen (secondary N) is 2. The number of alkyl halides is 6. The maximum absolute atomic E-state index is 13.3. The fourth-order valence-corrected chi connectivity index (χ4v) is 4.82. The van der Waals surface area contributed by atoms with Crippen LogP contribution in [-0.4, -0.2) is 23.0 Å². The fraction of sp³-hybridized carbons (Fsp3) is 0.364. The van der Waals surface area contributed by atoms with Crippen molar-refractivity contribution >= 4 is 33.8 Å². The average Bonchev–Trinajstić information content (AvgIpc) is 3.25. The molecular formula is C22H19F6N3OS. The van der Waals surface area contributed by atoms with E-state index in [-0.39, 0.29) is 22.5 Å². The fourth-order valence-electron chi connectivity index (χ4n) is 4.00. The third kappa shape index (κ3) is 5.23. The van der Waals surface area contributed by atoms with Gasteiger partial charge in [0.1, 0.15) is 10.6 Å². The first kappa shape index (κ1) is 23.3. The summed E-state index contributed by atoms with van der Waals surface area (Å²) in [5, 5.41) is 7.63. The van der Waals surface area contributed by atoms with E-state index in [0.29, 0.717) is 36.8 Å². The summed E-state index contributed by atoms with van der Waals surface area (Å²) in [6.07, 6.45) is -7.12. The number of para-hydroxylation sites is 1. The van der Waals surface area contributed by atoms with Crippen LogP contribution >= 0.6 is 11.3 Å². The number of halogens is 6. The van der Waals surface area contributed by atoms with Gasteiger partial charge in [0, 0.05) is 23.2 Å². The number of anilines is 1. The second kappa shape index (κ2) is 8.85. The van der Waals surface area contributed by atoms with Gasteiger partial charge in [-0.3, -0.25) is 4.79 Å². The Bertz CT molecular complexity index is 1150. The van der Waals surface area contributed by atoms with E-state index >= 15 is 0 Å². The Morgan fingerprint density at radius 2 is 1.61 bits per heavy atom. The lowest BCUT2D eigenvalue weighted by Gasteiger charge is -2.30. The van der Waals surface area contributed by atoms with E-state index in [2.05, 4.69) is 15.6 Å². The van der Waals surface area contributed by atoms with Gasteiger partial charge in [0.2, 0.25) is 0 Å². The van der Waals surface area contributed by atoms with Crippen LogP contribution in [0.5, 0.6) is 0 Å². The van der Waals surface area contributed by atoms with Crippen molar-refractivity contribution in [3.63, 3.8) is 0 Å². The van der Waals surface area contributed by atoms with Gasteiger partial charge in [0.05, 0.1) is 11.1 Å². The second-order valence-corrected chi connectivity index (χ2v) is 8.81. The lowest BCUT2D eigenvalue weighted by Crippen LogP contribution is -2.40. The number of hydrogen-bond donors (Lipinski definition) is 2. The summed E-state index contributed by atoms with van der Waals surface area (Å²) >= 11 is 0.738. The minimum Gasteiger partial charge on any atom is -0.382 e. The third-order valence-corrected chi connectivity index (χ3v) is 6.52. The molecule has 3 aromatic rings. The molecular weight excluding hydrogens is 468 g/mol. The van der Waals surface area contributed by atoms with Gasteiger partial charge in [-0.15, -0.1) is 11.3 Å². The number of pyridine rings is 1. The highest BCUT2D eigenvalue weighted by Gasteiger charge is 2.37. The summed E-state index contributed by atoms with van der Waals surface area (Å²) in [4.78, 5) is 15.7. The van der Waals surface area contributed by atoms with Crippen LogP contribution < -0.4 is 10.6 Å². The molecule has 0 spiro atoms. The summed E-state index contributed by atoms with van der Waals surface area (Å²) in [5.41, 5.74) is -1.38. The molecule has 2 aromatic heterocycles. The molecule has 1 amide bonds. The Morgan fingerprint density at radius 3 is 2.27 bits per heavy atom. The number of amides is 1. The van der Waals surface area contributed by atoms with Crippen molar-refractivity contribution in [3.8, 4) is 0 Å². The first-order valence-corrected chi connectivity index (χ1v) is 11.1. The summed E-state index contributed by atoms with van der Waals surface area (Å²) in [5.74, 6) is -0.760. The predicted molar refractivity (Wildman–Crippen MR) is 113 cm³/mol. The number of aromatic nitrogens is 1. The van der Waals surface area contributed by atoms with Crippen molar-refractivity contribution in [2.75, 3.05) is 5.32 Å². The Balaban J connectivity index is 1.42. The summed E-state index contributed by atoms with van der Waals surface area (Å²) < 4.78 is 78.9. The van der Waals surface area contributed by atoms with Crippen LogP contribution in [0.1, 0.15) is 46.6 Å². The van der Waals surface area contributed by atoms with Crippen LogP contribution in [0.4, 0.5) is 32.0 Å². The standard InChI is InChI=1S/C22H19F6N3OS/c23-21(24,25)15-9-10-33-19(15)20(32)30-13-7-5-12(6-8-13)29-17-11-18(22(26,27)28)31-16-4-2-1-3-14(16)17/h1-4,9-13H,5-8H2,(H,29,31)(H,30,32)/t12-,13+. The molecule has 11 heteroatoms. The van der Waals surface area contributed by atoms with Gasteiger partial charge in [-0.25, -0.2) is 4.98 Å². The normalized spacial score (nSPS) is 19.5. The second-order valence-electron chi connectivity index (χ2n) is 7.90. The van der Waals surface area contributed by atoms with E-state index in [4.69, 9.17) is 0 Å². The molecule has 2 N–H and O–H groups in total. The molecule has 4 rings (SSSR count). The van der Waals surface area contributed by atoms with E-state index < -0.39 is 29.5 Å². The molecule has 33 heavy (non-hydrogen) atoms. The molecule has 2 heterocycles.